The minimum atomic E-state index is -3.45. The highest BCUT2D eigenvalue weighted by atomic mass is 32.2. The number of anilines is 2. The molecule has 2 heterocycles. The third-order valence-corrected chi connectivity index (χ3v) is 6.14. The van der Waals surface area contributed by atoms with Crippen LogP contribution in [-0.4, -0.2) is 32.2 Å². The average Bonchev–Trinajstić information content (AvgIpc) is 2.67. The third kappa shape index (κ3) is 3.51. The van der Waals surface area contributed by atoms with Crippen LogP contribution in [0.25, 0.3) is 10.9 Å². The molecule has 0 bridgehead atoms. The zero-order valence-corrected chi connectivity index (χ0v) is 17.0. The Hall–Kier alpha value is -3.13. The Bertz CT molecular complexity index is 1250. The number of rotatable bonds is 4. The summed E-state index contributed by atoms with van der Waals surface area (Å²) >= 11 is 0. The molecule has 0 saturated carbocycles. The van der Waals surface area contributed by atoms with Crippen molar-refractivity contribution in [2.24, 2.45) is 5.73 Å². The van der Waals surface area contributed by atoms with E-state index in [4.69, 9.17) is 10.5 Å². The van der Waals surface area contributed by atoms with E-state index in [0.29, 0.717) is 28.8 Å². The van der Waals surface area contributed by atoms with Crippen LogP contribution in [0.1, 0.15) is 27.9 Å². The van der Waals surface area contributed by atoms with Gasteiger partial charge in [-0.3, -0.25) is 9.78 Å². The van der Waals surface area contributed by atoms with E-state index in [2.05, 4.69) is 10.3 Å². The number of ether oxygens (including phenoxy) is 1. The second-order valence-corrected chi connectivity index (χ2v) is 9.19. The van der Waals surface area contributed by atoms with E-state index in [-0.39, 0.29) is 10.5 Å². The van der Waals surface area contributed by atoms with Gasteiger partial charge in [-0.05, 0) is 49.6 Å². The van der Waals surface area contributed by atoms with Crippen LogP contribution in [-0.2, 0) is 16.3 Å². The summed E-state index contributed by atoms with van der Waals surface area (Å²) in [7, 11) is -3.45. The molecule has 29 heavy (non-hydrogen) atoms. The minimum absolute atomic E-state index is 0.160. The molecule has 7 nitrogen and oxygen atoms in total. The lowest BCUT2D eigenvalue weighted by molar-refractivity contribution is 0.100. The molecule has 0 aliphatic carbocycles. The highest BCUT2D eigenvalue weighted by molar-refractivity contribution is 7.90. The number of pyridine rings is 1. The summed E-state index contributed by atoms with van der Waals surface area (Å²) in [6.07, 6.45) is 4.30. The van der Waals surface area contributed by atoms with Gasteiger partial charge in [-0.25, -0.2) is 8.42 Å². The van der Waals surface area contributed by atoms with Crippen molar-refractivity contribution in [3.8, 4) is 5.75 Å². The number of nitrogens with two attached hydrogens (primary N) is 1. The lowest BCUT2D eigenvalue weighted by Gasteiger charge is -2.22. The predicted molar refractivity (Wildman–Crippen MR) is 112 cm³/mol. The molecule has 0 saturated heterocycles. The fourth-order valence-electron chi connectivity index (χ4n) is 3.62. The SMILES string of the molecule is Cc1cc(S(C)(=O)=O)cc2c(Nc3cccc4c3CCCO4)c(C(N)=O)cnc12. The normalized spacial score (nSPS) is 13.6. The maximum atomic E-state index is 12.2. The molecule has 1 aliphatic rings. The molecule has 0 fully saturated rings. The van der Waals surface area contributed by atoms with Gasteiger partial charge in [0.25, 0.3) is 5.91 Å². The first kappa shape index (κ1) is 19.2. The smallest absolute Gasteiger partial charge is 0.252 e. The van der Waals surface area contributed by atoms with Gasteiger partial charge < -0.3 is 15.8 Å². The molecule has 1 aliphatic heterocycles. The monoisotopic (exact) mass is 411 g/mol. The topological polar surface area (TPSA) is 111 Å². The highest BCUT2D eigenvalue weighted by Crippen LogP contribution is 2.37. The fourth-order valence-corrected chi connectivity index (χ4v) is 4.35. The number of aromatic nitrogens is 1. The molecule has 0 spiro atoms. The number of carbonyl (C=O) groups is 1. The Kier molecular flexibility index (Phi) is 4.66. The summed E-state index contributed by atoms with van der Waals surface area (Å²) in [5.41, 5.74) is 9.33. The first-order valence-electron chi connectivity index (χ1n) is 9.20. The molecule has 8 heteroatoms. The van der Waals surface area contributed by atoms with Crippen LogP contribution in [0.5, 0.6) is 5.75 Å². The zero-order valence-electron chi connectivity index (χ0n) is 16.2. The first-order valence-corrected chi connectivity index (χ1v) is 11.1. The second kappa shape index (κ2) is 7.04. The highest BCUT2D eigenvalue weighted by Gasteiger charge is 2.20. The Morgan fingerprint density at radius 3 is 2.79 bits per heavy atom. The van der Waals surface area contributed by atoms with Crippen LogP contribution < -0.4 is 15.8 Å². The van der Waals surface area contributed by atoms with Crippen molar-refractivity contribution in [1.82, 2.24) is 4.98 Å². The number of benzene rings is 2. The van der Waals surface area contributed by atoms with Gasteiger partial charge in [-0.1, -0.05) is 6.07 Å². The van der Waals surface area contributed by atoms with Gasteiger partial charge >= 0.3 is 0 Å². The van der Waals surface area contributed by atoms with Crippen molar-refractivity contribution in [3.63, 3.8) is 0 Å². The van der Waals surface area contributed by atoms with Crippen LogP contribution >= 0.6 is 0 Å². The van der Waals surface area contributed by atoms with Crippen molar-refractivity contribution in [2.45, 2.75) is 24.7 Å². The number of nitrogens with zero attached hydrogens (tertiary/aromatic N) is 1. The summed E-state index contributed by atoms with van der Waals surface area (Å²) in [6.45, 7) is 2.45. The third-order valence-electron chi connectivity index (χ3n) is 5.05. The van der Waals surface area contributed by atoms with Gasteiger partial charge in [0.15, 0.2) is 9.84 Å². The lowest BCUT2D eigenvalue weighted by atomic mass is 10.0. The maximum Gasteiger partial charge on any atom is 0.252 e. The number of nitrogens with one attached hydrogen (secondary N) is 1. The van der Waals surface area contributed by atoms with Crippen molar-refractivity contribution >= 4 is 38.0 Å². The Morgan fingerprint density at radius 1 is 1.28 bits per heavy atom. The summed E-state index contributed by atoms with van der Waals surface area (Å²) < 4.78 is 30.0. The number of carbonyl (C=O) groups excluding carboxylic acids is 1. The van der Waals surface area contributed by atoms with Crippen molar-refractivity contribution in [2.75, 3.05) is 18.2 Å². The van der Waals surface area contributed by atoms with E-state index >= 15 is 0 Å². The number of sulfone groups is 1. The van der Waals surface area contributed by atoms with Crippen LogP contribution in [0.2, 0.25) is 0 Å². The first-order chi connectivity index (χ1) is 13.8. The van der Waals surface area contributed by atoms with Gasteiger partial charge in [0.2, 0.25) is 0 Å². The van der Waals surface area contributed by atoms with Crippen molar-refractivity contribution < 1.29 is 17.9 Å². The predicted octanol–water partition coefficient (Wildman–Crippen LogP) is 3.11. The summed E-state index contributed by atoms with van der Waals surface area (Å²) in [4.78, 5) is 16.6. The Labute approximate surface area is 168 Å². The molecule has 3 aromatic rings. The molecule has 0 unspecified atom stereocenters. The minimum Gasteiger partial charge on any atom is -0.493 e. The Morgan fingerprint density at radius 2 is 2.07 bits per heavy atom. The Balaban J connectivity index is 1.98. The summed E-state index contributed by atoms with van der Waals surface area (Å²) in [6, 6.07) is 8.79. The molecule has 2 aromatic carbocycles. The molecule has 1 aromatic heterocycles. The van der Waals surface area contributed by atoms with E-state index < -0.39 is 15.7 Å². The van der Waals surface area contributed by atoms with Crippen LogP contribution in [0.15, 0.2) is 41.4 Å². The van der Waals surface area contributed by atoms with Gasteiger partial charge in [-0.15, -0.1) is 0 Å². The number of aryl methyl sites for hydroxylation is 1. The van der Waals surface area contributed by atoms with E-state index in [1.807, 2.05) is 18.2 Å². The molecule has 0 radical (unpaired) electrons. The number of primary amides is 1. The maximum absolute atomic E-state index is 12.2. The largest absolute Gasteiger partial charge is 0.493 e. The number of amides is 1. The quantitative estimate of drug-likeness (QED) is 0.682. The molecular weight excluding hydrogens is 390 g/mol. The number of fused-ring (bicyclic) bond motifs is 2. The van der Waals surface area contributed by atoms with E-state index in [0.717, 1.165) is 36.1 Å². The van der Waals surface area contributed by atoms with Gasteiger partial charge in [0, 0.05) is 29.1 Å². The molecule has 150 valence electrons. The number of hydrogen-bond acceptors (Lipinski definition) is 6. The molecular formula is C21H21N3O4S. The molecule has 3 N–H and O–H groups in total. The van der Waals surface area contributed by atoms with Crippen LogP contribution in [0.4, 0.5) is 11.4 Å². The average molecular weight is 411 g/mol. The van der Waals surface area contributed by atoms with E-state index in [1.165, 1.54) is 12.3 Å². The van der Waals surface area contributed by atoms with Gasteiger partial charge in [-0.2, -0.15) is 0 Å². The molecule has 1 amide bonds. The van der Waals surface area contributed by atoms with Crippen LogP contribution in [0.3, 0.4) is 0 Å². The second-order valence-electron chi connectivity index (χ2n) is 7.18. The van der Waals surface area contributed by atoms with Crippen molar-refractivity contribution in [3.05, 3.63) is 53.2 Å². The molecule has 0 atom stereocenters. The lowest BCUT2D eigenvalue weighted by Crippen LogP contribution is -2.15. The van der Waals surface area contributed by atoms with Gasteiger partial charge in [0.05, 0.1) is 28.3 Å². The zero-order chi connectivity index (χ0) is 20.8. The fraction of sp³-hybridized carbons (Fsp3) is 0.238. The van der Waals surface area contributed by atoms with Crippen molar-refractivity contribution in [1.29, 1.82) is 0 Å². The standard InChI is InChI=1S/C21H21N3O4S/c1-12-9-13(29(2,26)27)10-15-19(12)23-11-16(21(22)25)20(15)24-17-6-3-7-18-14(17)5-4-8-28-18/h3,6-7,9-11H,4-5,8H2,1-2H3,(H2,22,25)(H,23,24). The molecule has 4 rings (SSSR count). The summed E-state index contributed by atoms with van der Waals surface area (Å²) in [5, 5.41) is 3.84. The van der Waals surface area contributed by atoms with Gasteiger partial charge in [0.1, 0.15) is 5.75 Å². The van der Waals surface area contributed by atoms with Crippen LogP contribution in [0, 0.1) is 6.92 Å². The van der Waals surface area contributed by atoms with E-state index in [1.54, 1.807) is 13.0 Å². The number of hydrogen-bond donors (Lipinski definition) is 2. The van der Waals surface area contributed by atoms with E-state index in [9.17, 15) is 13.2 Å². The summed E-state index contributed by atoms with van der Waals surface area (Å²) in [5.74, 6) is 0.151.